The number of likely N-dealkylation sites (N-methyl/N-ethyl adjacent to an activating group) is 1. The third-order valence-corrected chi connectivity index (χ3v) is 5.34. The quantitative estimate of drug-likeness (QED) is 0.624. The van der Waals surface area contributed by atoms with Crippen molar-refractivity contribution >= 4 is 11.8 Å². The van der Waals surface area contributed by atoms with Gasteiger partial charge >= 0.3 is 0 Å². The van der Waals surface area contributed by atoms with Crippen LogP contribution >= 0.6 is 0 Å². The lowest BCUT2D eigenvalue weighted by molar-refractivity contribution is -0.133. The van der Waals surface area contributed by atoms with Gasteiger partial charge in [-0.1, -0.05) is 60.7 Å². The summed E-state index contributed by atoms with van der Waals surface area (Å²) in [6.45, 7) is 0.702. The molecule has 1 heterocycles. The first-order valence-electron chi connectivity index (χ1n) is 10.6. The summed E-state index contributed by atoms with van der Waals surface area (Å²) in [5, 5.41) is 2.91. The number of carbonyl (C=O) groups excluding carboxylic acids is 2. The number of amides is 2. The molecule has 1 aliphatic heterocycles. The standard InChI is InChI=1S/C26H26N2O4/c1-28(17-21-18-31-23-14-8-9-15-24(23)32-21)26(30)22(16-19-10-4-2-5-11-19)27-25(29)20-12-6-3-7-13-20/h2-15,21-22H,16-18H2,1H3,(H,27,29)/t21-,22-/m1/s1. The van der Waals surface area contributed by atoms with E-state index in [0.717, 1.165) is 5.56 Å². The minimum Gasteiger partial charge on any atom is -0.486 e. The summed E-state index contributed by atoms with van der Waals surface area (Å²) in [4.78, 5) is 27.7. The van der Waals surface area contributed by atoms with Crippen LogP contribution in [0, 0.1) is 0 Å². The molecule has 0 spiro atoms. The molecule has 0 saturated heterocycles. The Labute approximate surface area is 187 Å². The van der Waals surface area contributed by atoms with Crippen molar-refractivity contribution in [1.82, 2.24) is 10.2 Å². The van der Waals surface area contributed by atoms with Crippen molar-refractivity contribution in [2.24, 2.45) is 0 Å². The predicted octanol–water partition coefficient (Wildman–Crippen LogP) is 3.33. The van der Waals surface area contributed by atoms with E-state index in [1.54, 1.807) is 36.2 Å². The highest BCUT2D eigenvalue weighted by atomic mass is 16.6. The van der Waals surface area contributed by atoms with Crippen LogP contribution in [-0.4, -0.2) is 49.1 Å². The first-order valence-corrected chi connectivity index (χ1v) is 10.6. The number of nitrogens with one attached hydrogen (secondary N) is 1. The number of fused-ring (bicyclic) bond motifs is 1. The molecule has 6 heteroatoms. The lowest BCUT2D eigenvalue weighted by Gasteiger charge is -2.31. The number of rotatable bonds is 7. The highest BCUT2D eigenvalue weighted by molar-refractivity contribution is 5.97. The summed E-state index contributed by atoms with van der Waals surface area (Å²) in [7, 11) is 1.72. The largest absolute Gasteiger partial charge is 0.486 e. The number of ether oxygens (including phenoxy) is 2. The molecule has 6 nitrogen and oxygen atoms in total. The molecule has 2 atom stereocenters. The second kappa shape index (κ2) is 10.0. The van der Waals surface area contributed by atoms with Gasteiger partial charge < -0.3 is 19.7 Å². The molecule has 3 aromatic carbocycles. The van der Waals surface area contributed by atoms with Crippen molar-refractivity contribution in [1.29, 1.82) is 0 Å². The zero-order valence-electron chi connectivity index (χ0n) is 17.9. The van der Waals surface area contributed by atoms with Crippen molar-refractivity contribution < 1.29 is 19.1 Å². The van der Waals surface area contributed by atoms with Gasteiger partial charge in [-0.2, -0.15) is 0 Å². The van der Waals surface area contributed by atoms with Crippen LogP contribution in [0.2, 0.25) is 0 Å². The Morgan fingerprint density at radius 2 is 1.56 bits per heavy atom. The van der Waals surface area contributed by atoms with Crippen molar-refractivity contribution in [2.45, 2.75) is 18.6 Å². The normalized spacial score (nSPS) is 15.5. The molecule has 1 N–H and O–H groups in total. The van der Waals surface area contributed by atoms with Crippen LogP contribution < -0.4 is 14.8 Å². The predicted molar refractivity (Wildman–Crippen MR) is 122 cm³/mol. The third-order valence-electron chi connectivity index (χ3n) is 5.34. The van der Waals surface area contributed by atoms with Crippen molar-refractivity contribution in [3.8, 4) is 11.5 Å². The van der Waals surface area contributed by atoms with Gasteiger partial charge in [0, 0.05) is 19.0 Å². The first kappa shape index (κ1) is 21.4. The van der Waals surface area contributed by atoms with E-state index in [-0.39, 0.29) is 17.9 Å². The van der Waals surface area contributed by atoms with Crippen LogP contribution in [0.3, 0.4) is 0 Å². The van der Waals surface area contributed by atoms with Crippen LogP contribution in [-0.2, 0) is 11.2 Å². The maximum Gasteiger partial charge on any atom is 0.251 e. The summed E-state index contributed by atoms with van der Waals surface area (Å²) in [5.74, 6) is 0.915. The molecule has 1 aliphatic rings. The Balaban J connectivity index is 1.45. The second-order valence-electron chi connectivity index (χ2n) is 7.80. The molecule has 4 rings (SSSR count). The zero-order chi connectivity index (χ0) is 22.3. The Hall–Kier alpha value is -3.80. The highest BCUT2D eigenvalue weighted by Crippen LogP contribution is 2.31. The second-order valence-corrected chi connectivity index (χ2v) is 7.80. The van der Waals surface area contributed by atoms with E-state index in [4.69, 9.17) is 9.47 Å². The van der Waals surface area contributed by atoms with E-state index in [2.05, 4.69) is 5.32 Å². The molecule has 0 aromatic heterocycles. The van der Waals surface area contributed by atoms with E-state index >= 15 is 0 Å². The van der Waals surface area contributed by atoms with E-state index in [0.29, 0.717) is 36.6 Å². The van der Waals surface area contributed by atoms with Gasteiger partial charge in [-0.15, -0.1) is 0 Å². The molecule has 0 aliphatic carbocycles. The van der Waals surface area contributed by atoms with Crippen molar-refractivity contribution in [3.63, 3.8) is 0 Å². The maximum absolute atomic E-state index is 13.3. The molecule has 0 bridgehead atoms. The summed E-state index contributed by atoms with van der Waals surface area (Å²) in [6, 6.07) is 25.3. The monoisotopic (exact) mass is 430 g/mol. The Kier molecular flexibility index (Phi) is 6.70. The minimum atomic E-state index is -0.702. The fourth-order valence-corrected chi connectivity index (χ4v) is 3.70. The Morgan fingerprint density at radius 1 is 0.938 bits per heavy atom. The fourth-order valence-electron chi connectivity index (χ4n) is 3.70. The molecule has 32 heavy (non-hydrogen) atoms. The number of carbonyl (C=O) groups is 2. The summed E-state index contributed by atoms with van der Waals surface area (Å²) < 4.78 is 11.8. The van der Waals surface area contributed by atoms with Gasteiger partial charge in [0.05, 0.1) is 6.54 Å². The van der Waals surface area contributed by atoms with Crippen LogP contribution in [0.25, 0.3) is 0 Å². The van der Waals surface area contributed by atoms with Gasteiger partial charge in [-0.25, -0.2) is 0 Å². The molecule has 0 saturated carbocycles. The SMILES string of the molecule is CN(C[C@@H]1COc2ccccc2O1)C(=O)[C@@H](Cc1ccccc1)NC(=O)c1ccccc1. The Bertz CT molecular complexity index is 1060. The third kappa shape index (κ3) is 5.27. The maximum atomic E-state index is 13.3. The van der Waals surface area contributed by atoms with E-state index in [1.807, 2.05) is 60.7 Å². The molecule has 0 fully saturated rings. The van der Waals surface area contributed by atoms with Crippen LogP contribution in [0.5, 0.6) is 11.5 Å². The highest BCUT2D eigenvalue weighted by Gasteiger charge is 2.29. The molecular weight excluding hydrogens is 404 g/mol. The first-order chi connectivity index (χ1) is 15.6. The van der Waals surface area contributed by atoms with E-state index in [1.165, 1.54) is 0 Å². The number of hydrogen-bond donors (Lipinski definition) is 1. The minimum absolute atomic E-state index is 0.180. The molecule has 164 valence electrons. The molecule has 2 amide bonds. The van der Waals surface area contributed by atoms with E-state index in [9.17, 15) is 9.59 Å². The van der Waals surface area contributed by atoms with E-state index < -0.39 is 6.04 Å². The van der Waals surface area contributed by atoms with Gasteiger partial charge in [0.25, 0.3) is 5.91 Å². The average molecular weight is 431 g/mol. The number of nitrogens with zero attached hydrogens (tertiary/aromatic N) is 1. The van der Waals surface area contributed by atoms with Gasteiger partial charge in [0.15, 0.2) is 17.6 Å². The number of benzene rings is 3. The zero-order valence-corrected chi connectivity index (χ0v) is 17.9. The lowest BCUT2D eigenvalue weighted by Crippen LogP contribution is -2.51. The number of hydrogen-bond acceptors (Lipinski definition) is 4. The van der Waals surface area contributed by atoms with Gasteiger partial charge in [0.1, 0.15) is 12.6 Å². The topological polar surface area (TPSA) is 67.9 Å². The molecule has 0 unspecified atom stereocenters. The fraction of sp³-hybridized carbons (Fsp3) is 0.231. The molecule has 0 radical (unpaired) electrons. The number of para-hydroxylation sites is 2. The Morgan fingerprint density at radius 3 is 2.28 bits per heavy atom. The smallest absolute Gasteiger partial charge is 0.251 e. The lowest BCUT2D eigenvalue weighted by atomic mass is 10.0. The van der Waals surface area contributed by atoms with Crippen LogP contribution in [0.1, 0.15) is 15.9 Å². The van der Waals surface area contributed by atoms with Gasteiger partial charge in [-0.05, 0) is 29.8 Å². The molecular formula is C26H26N2O4. The summed E-state index contributed by atoms with van der Waals surface area (Å²) >= 11 is 0. The summed E-state index contributed by atoms with van der Waals surface area (Å²) in [6.07, 6.45) is 0.106. The van der Waals surface area contributed by atoms with Crippen LogP contribution in [0.4, 0.5) is 0 Å². The van der Waals surface area contributed by atoms with Gasteiger partial charge in [-0.3, -0.25) is 9.59 Å². The van der Waals surface area contributed by atoms with Crippen molar-refractivity contribution in [3.05, 3.63) is 96.1 Å². The molecule has 3 aromatic rings. The summed E-state index contributed by atoms with van der Waals surface area (Å²) in [5.41, 5.74) is 1.49. The van der Waals surface area contributed by atoms with Crippen molar-refractivity contribution in [2.75, 3.05) is 20.2 Å². The van der Waals surface area contributed by atoms with Crippen LogP contribution in [0.15, 0.2) is 84.9 Å². The van der Waals surface area contributed by atoms with Gasteiger partial charge in [0.2, 0.25) is 5.91 Å². The average Bonchev–Trinajstić information content (AvgIpc) is 2.84.